The molecule has 1 rings (SSSR count). The zero-order valence-corrected chi connectivity index (χ0v) is 12.8. The summed E-state index contributed by atoms with van der Waals surface area (Å²) < 4.78 is 4.88. The zero-order chi connectivity index (χ0) is 10.3. The average molecular weight is 316 g/mol. The standard InChI is InChI=1S/C7H8NO2S.BrH.Zn/c1-5(2)10-7(9)6-3-11-4-8-6;;/h3,5H,1-2H3;1H;/q-1;;+2/p-1. The summed E-state index contributed by atoms with van der Waals surface area (Å²) >= 11 is 5.51. The third-order valence-electron chi connectivity index (χ3n) is 0.941. The molecule has 0 amide bonds. The Bertz CT molecular complexity index is 241. The van der Waals surface area contributed by atoms with Crippen LogP contribution in [0.5, 0.6) is 0 Å². The van der Waals surface area contributed by atoms with Crippen molar-refractivity contribution >= 4 is 30.9 Å². The van der Waals surface area contributed by atoms with Gasteiger partial charge in [0.05, 0.1) is 6.10 Å². The molecule has 13 heavy (non-hydrogen) atoms. The van der Waals surface area contributed by atoms with Crippen LogP contribution in [0.1, 0.15) is 24.3 Å². The average Bonchev–Trinajstić information content (AvgIpc) is 2.58. The van der Waals surface area contributed by atoms with E-state index in [-0.39, 0.29) is 12.1 Å². The van der Waals surface area contributed by atoms with Crippen LogP contribution in [-0.2, 0) is 21.1 Å². The van der Waals surface area contributed by atoms with Crippen LogP contribution in [0.2, 0.25) is 0 Å². The summed E-state index contributed by atoms with van der Waals surface area (Å²) in [7, 11) is 0. The first-order valence-electron chi connectivity index (χ1n) is 3.49. The molecule has 0 aromatic carbocycles. The molecule has 0 radical (unpaired) electrons. The van der Waals surface area contributed by atoms with Crippen molar-refractivity contribution in [3.63, 3.8) is 0 Å². The van der Waals surface area contributed by atoms with E-state index in [1.54, 1.807) is 19.2 Å². The number of carbonyl (C=O) groups is 1. The molecule has 6 heteroatoms. The van der Waals surface area contributed by atoms with Crippen LogP contribution in [0, 0.1) is 5.51 Å². The molecule has 1 heterocycles. The molecule has 0 aliphatic rings. The summed E-state index contributed by atoms with van der Waals surface area (Å²) in [6, 6.07) is 0. The van der Waals surface area contributed by atoms with E-state index in [1.165, 1.54) is 27.7 Å². The Morgan fingerprint density at radius 1 is 1.77 bits per heavy atom. The Kier molecular flexibility index (Phi) is 7.71. The molecule has 0 saturated heterocycles. The van der Waals surface area contributed by atoms with Crippen LogP contribution < -0.4 is 0 Å². The van der Waals surface area contributed by atoms with E-state index >= 15 is 0 Å². The Morgan fingerprint density at radius 2 is 2.38 bits per heavy atom. The topological polar surface area (TPSA) is 39.2 Å². The van der Waals surface area contributed by atoms with Crippen LogP contribution in [-0.4, -0.2) is 17.1 Å². The molecular weight excluding hydrogens is 307 g/mol. The van der Waals surface area contributed by atoms with Crippen molar-refractivity contribution < 1.29 is 25.9 Å². The van der Waals surface area contributed by atoms with Gasteiger partial charge in [0.2, 0.25) is 0 Å². The monoisotopic (exact) mass is 313 g/mol. The molecule has 0 N–H and O–H groups in total. The number of hydrogen-bond donors (Lipinski definition) is 0. The quantitative estimate of drug-likeness (QED) is 0.478. The number of rotatable bonds is 2. The molecule has 0 unspecified atom stereocenters. The van der Waals surface area contributed by atoms with Gasteiger partial charge in [-0.05, 0) is 19.4 Å². The molecule has 0 aliphatic carbocycles. The third kappa shape index (κ3) is 5.50. The predicted molar refractivity (Wildman–Crippen MR) is 50.4 cm³/mol. The van der Waals surface area contributed by atoms with E-state index in [4.69, 9.17) is 4.74 Å². The molecule has 0 saturated carbocycles. The molecule has 0 atom stereocenters. The second-order valence-electron chi connectivity index (χ2n) is 2.28. The molecule has 3 nitrogen and oxygen atoms in total. The Morgan fingerprint density at radius 3 is 2.77 bits per heavy atom. The second kappa shape index (κ2) is 7.59. The van der Waals surface area contributed by atoms with Crippen LogP contribution >= 0.6 is 25.0 Å². The van der Waals surface area contributed by atoms with E-state index in [0.717, 1.165) is 0 Å². The minimum absolute atomic E-state index is 0.0933. The molecule has 68 valence electrons. The van der Waals surface area contributed by atoms with E-state index in [0.29, 0.717) is 5.69 Å². The molecule has 1 aromatic heterocycles. The fourth-order valence-corrected chi connectivity index (χ4v) is 1.02. The van der Waals surface area contributed by atoms with Gasteiger partial charge in [0.1, 0.15) is 0 Å². The van der Waals surface area contributed by atoms with E-state index in [1.807, 2.05) is 0 Å². The SMILES string of the molecule is CC(C)OC(=O)c1cs[c-]n1.[Zn+][Br]. The number of thiazole rings is 1. The van der Waals surface area contributed by atoms with Gasteiger partial charge in [-0.2, -0.15) is 0 Å². The van der Waals surface area contributed by atoms with Gasteiger partial charge < -0.3 is 9.72 Å². The molecular formula is C7H8BrNO2SZn. The Balaban J connectivity index is 0.000000671. The van der Waals surface area contributed by atoms with E-state index < -0.39 is 0 Å². The first-order valence-corrected chi connectivity index (χ1v) is 11.3. The third-order valence-corrected chi connectivity index (χ3v) is 1.48. The fourth-order valence-electron chi connectivity index (χ4n) is 0.552. The summed E-state index contributed by atoms with van der Waals surface area (Å²) in [5, 5.41) is 1.62. The molecule has 0 aliphatic heterocycles. The van der Waals surface area contributed by atoms with Crippen LogP contribution in [0.25, 0.3) is 0 Å². The van der Waals surface area contributed by atoms with Gasteiger partial charge in [-0.1, -0.05) is 0 Å². The maximum atomic E-state index is 11.0. The summed E-state index contributed by atoms with van der Waals surface area (Å²) in [6.45, 7) is 3.60. The van der Waals surface area contributed by atoms with Crippen LogP contribution in [0.4, 0.5) is 0 Å². The van der Waals surface area contributed by atoms with Gasteiger partial charge in [-0.15, -0.1) is 5.38 Å². The summed E-state index contributed by atoms with van der Waals surface area (Å²) in [5.74, 6) is -0.377. The normalized spacial score (nSPS) is 9.08. The summed E-state index contributed by atoms with van der Waals surface area (Å²) in [5.41, 5.74) is 2.91. The van der Waals surface area contributed by atoms with E-state index in [9.17, 15) is 4.79 Å². The number of halogens is 1. The first-order chi connectivity index (χ1) is 6.20. The van der Waals surface area contributed by atoms with Crippen molar-refractivity contribution in [3.05, 3.63) is 16.6 Å². The Hall–Kier alpha value is 0.203. The number of hydrogen-bond acceptors (Lipinski definition) is 4. The number of esters is 1. The minimum atomic E-state index is -0.377. The van der Waals surface area contributed by atoms with Crippen molar-refractivity contribution in [1.82, 2.24) is 4.98 Å². The van der Waals surface area contributed by atoms with E-state index in [2.05, 4.69) is 24.1 Å². The molecule has 1 aromatic rings. The molecule has 0 spiro atoms. The van der Waals surface area contributed by atoms with Gasteiger partial charge in [0.25, 0.3) is 5.97 Å². The number of ether oxygens (including phenoxy) is 1. The molecule has 0 fully saturated rings. The van der Waals surface area contributed by atoms with Gasteiger partial charge >= 0.3 is 30.0 Å². The van der Waals surface area contributed by atoms with Gasteiger partial charge in [0.15, 0.2) is 0 Å². The first kappa shape index (κ1) is 13.2. The van der Waals surface area contributed by atoms with Gasteiger partial charge in [-0.3, -0.25) is 16.1 Å². The second-order valence-corrected chi connectivity index (χ2v) is 2.93. The van der Waals surface area contributed by atoms with Crippen molar-refractivity contribution in [1.29, 1.82) is 0 Å². The van der Waals surface area contributed by atoms with Gasteiger partial charge in [-0.25, -0.2) is 0 Å². The van der Waals surface area contributed by atoms with Crippen molar-refractivity contribution in [2.45, 2.75) is 20.0 Å². The van der Waals surface area contributed by atoms with Crippen molar-refractivity contribution in [2.75, 3.05) is 0 Å². The van der Waals surface area contributed by atoms with Crippen LogP contribution in [0.3, 0.4) is 0 Å². The van der Waals surface area contributed by atoms with Crippen LogP contribution in [0.15, 0.2) is 5.38 Å². The summed E-state index contributed by atoms with van der Waals surface area (Å²) in [6.07, 6.45) is -0.0933. The summed E-state index contributed by atoms with van der Waals surface area (Å²) in [4.78, 5) is 14.7. The zero-order valence-electron chi connectivity index (χ0n) is 7.41. The van der Waals surface area contributed by atoms with Crippen molar-refractivity contribution in [2.24, 2.45) is 0 Å². The maximum absolute atomic E-state index is 11.0. The fraction of sp³-hybridized carbons (Fsp3) is 0.429. The number of aromatic nitrogens is 1. The number of nitrogens with zero attached hydrogens (tertiary/aromatic N) is 1. The van der Waals surface area contributed by atoms with Gasteiger partial charge in [0, 0.05) is 5.69 Å². The van der Waals surface area contributed by atoms with Crippen molar-refractivity contribution in [3.8, 4) is 0 Å². The Labute approximate surface area is 97.9 Å². The number of carbonyl (C=O) groups excluding carboxylic acids is 1. The predicted octanol–water partition coefficient (Wildman–Crippen LogP) is 2.35. The molecule has 0 bridgehead atoms.